The molecular weight excluding hydrogens is 278 g/mol. The fourth-order valence-electron chi connectivity index (χ4n) is 3.06. The van der Waals surface area contributed by atoms with E-state index in [9.17, 15) is 14.7 Å². The zero-order valence-corrected chi connectivity index (χ0v) is 13.4. The summed E-state index contributed by atoms with van der Waals surface area (Å²) >= 11 is 0. The summed E-state index contributed by atoms with van der Waals surface area (Å²) in [7, 11) is 0. The quantitative estimate of drug-likeness (QED) is 0.908. The van der Waals surface area contributed by atoms with Crippen LogP contribution in [0.4, 0.5) is 0 Å². The van der Waals surface area contributed by atoms with Crippen LogP contribution in [0.3, 0.4) is 0 Å². The van der Waals surface area contributed by atoms with Gasteiger partial charge < -0.3 is 10.0 Å². The van der Waals surface area contributed by atoms with E-state index in [1.165, 1.54) is 0 Å². The molecule has 1 atom stereocenters. The van der Waals surface area contributed by atoms with Gasteiger partial charge in [0.25, 0.3) is 0 Å². The van der Waals surface area contributed by atoms with Crippen LogP contribution in [0.1, 0.15) is 49.0 Å². The number of aromatic carboxylic acids is 1. The Bertz CT molecular complexity index is 533. The summed E-state index contributed by atoms with van der Waals surface area (Å²) in [4.78, 5) is 25.4. The highest BCUT2D eigenvalue weighted by molar-refractivity contribution is 5.89. The molecule has 1 heterocycles. The second kappa shape index (κ2) is 7.43. The molecule has 2 rings (SSSR count). The van der Waals surface area contributed by atoms with Crippen LogP contribution >= 0.6 is 0 Å². The Balaban J connectivity index is 1.93. The van der Waals surface area contributed by atoms with Gasteiger partial charge in [-0.15, -0.1) is 0 Å². The van der Waals surface area contributed by atoms with Crippen LogP contribution < -0.4 is 0 Å². The van der Waals surface area contributed by atoms with Crippen LogP contribution in [0.2, 0.25) is 0 Å². The standard InChI is InChI=1S/C18H25NO3/c1-3-13(2)17(20)19-10-8-14(9-11-19)12-15-6-4-5-7-16(15)18(21)22/h4-7,13-14H,3,8-12H2,1-2H3,(H,21,22). The fourth-order valence-corrected chi connectivity index (χ4v) is 3.06. The smallest absolute Gasteiger partial charge is 0.335 e. The van der Waals surface area contributed by atoms with E-state index in [1.54, 1.807) is 12.1 Å². The summed E-state index contributed by atoms with van der Waals surface area (Å²) in [5.41, 5.74) is 1.31. The van der Waals surface area contributed by atoms with Crippen molar-refractivity contribution in [2.45, 2.75) is 39.5 Å². The monoisotopic (exact) mass is 303 g/mol. The summed E-state index contributed by atoms with van der Waals surface area (Å²) in [6.45, 7) is 5.61. The minimum Gasteiger partial charge on any atom is -0.478 e. The van der Waals surface area contributed by atoms with E-state index >= 15 is 0 Å². The van der Waals surface area contributed by atoms with Crippen LogP contribution in [0.15, 0.2) is 24.3 Å². The maximum atomic E-state index is 12.2. The van der Waals surface area contributed by atoms with Gasteiger partial charge in [-0.25, -0.2) is 4.79 Å². The van der Waals surface area contributed by atoms with Gasteiger partial charge in [0.1, 0.15) is 0 Å². The molecule has 4 nitrogen and oxygen atoms in total. The molecule has 0 bridgehead atoms. The number of rotatable bonds is 5. The molecule has 1 N–H and O–H groups in total. The van der Waals surface area contributed by atoms with Crippen molar-refractivity contribution in [3.63, 3.8) is 0 Å². The fraction of sp³-hybridized carbons (Fsp3) is 0.556. The summed E-state index contributed by atoms with van der Waals surface area (Å²) < 4.78 is 0. The molecule has 22 heavy (non-hydrogen) atoms. The third-order valence-electron chi connectivity index (χ3n) is 4.72. The van der Waals surface area contributed by atoms with Gasteiger partial charge in [0.15, 0.2) is 0 Å². The Hall–Kier alpha value is -1.84. The molecule has 0 aliphatic carbocycles. The second-order valence-corrected chi connectivity index (χ2v) is 6.24. The van der Waals surface area contributed by atoms with Crippen LogP contribution in [-0.4, -0.2) is 35.0 Å². The van der Waals surface area contributed by atoms with Crippen LogP contribution in [-0.2, 0) is 11.2 Å². The van der Waals surface area contributed by atoms with Crippen molar-refractivity contribution in [3.05, 3.63) is 35.4 Å². The SMILES string of the molecule is CCC(C)C(=O)N1CCC(Cc2ccccc2C(=O)O)CC1. The first kappa shape index (κ1) is 16.5. The lowest BCUT2D eigenvalue weighted by atomic mass is 9.88. The number of carbonyl (C=O) groups excluding carboxylic acids is 1. The molecule has 1 amide bonds. The first-order chi connectivity index (χ1) is 10.5. The van der Waals surface area contributed by atoms with Crippen LogP contribution in [0.5, 0.6) is 0 Å². The van der Waals surface area contributed by atoms with Crippen molar-refractivity contribution in [2.75, 3.05) is 13.1 Å². The van der Waals surface area contributed by atoms with Crippen LogP contribution in [0.25, 0.3) is 0 Å². The number of hydrogen-bond acceptors (Lipinski definition) is 2. The molecule has 1 fully saturated rings. The van der Waals surface area contributed by atoms with E-state index in [-0.39, 0.29) is 11.8 Å². The maximum Gasteiger partial charge on any atom is 0.335 e. The minimum absolute atomic E-state index is 0.101. The third kappa shape index (κ3) is 3.87. The molecule has 0 saturated carbocycles. The summed E-state index contributed by atoms with van der Waals surface area (Å²) in [5, 5.41) is 9.25. The third-order valence-corrected chi connectivity index (χ3v) is 4.72. The topological polar surface area (TPSA) is 57.6 Å². The van der Waals surface area contributed by atoms with E-state index in [0.29, 0.717) is 11.5 Å². The molecule has 4 heteroatoms. The average molecular weight is 303 g/mol. The number of nitrogens with zero attached hydrogens (tertiary/aromatic N) is 1. The number of benzene rings is 1. The number of carboxylic acids is 1. The molecule has 1 unspecified atom stereocenters. The predicted octanol–water partition coefficient (Wildman–Crippen LogP) is 3.21. The summed E-state index contributed by atoms with van der Waals surface area (Å²) in [6, 6.07) is 7.23. The number of carboxylic acid groups (broad SMARTS) is 1. The first-order valence-electron chi connectivity index (χ1n) is 8.12. The van der Waals surface area contributed by atoms with E-state index < -0.39 is 5.97 Å². The summed E-state index contributed by atoms with van der Waals surface area (Å²) in [5.74, 6) is -0.0439. The lowest BCUT2D eigenvalue weighted by Crippen LogP contribution is -2.41. The Labute approximate surface area is 132 Å². The molecule has 1 aromatic carbocycles. The van der Waals surface area contributed by atoms with E-state index in [4.69, 9.17) is 0 Å². The normalized spacial score (nSPS) is 17.3. The number of likely N-dealkylation sites (tertiary alicyclic amines) is 1. The molecular formula is C18H25NO3. The van der Waals surface area contributed by atoms with Crippen molar-refractivity contribution >= 4 is 11.9 Å². The lowest BCUT2D eigenvalue weighted by Gasteiger charge is -2.33. The zero-order chi connectivity index (χ0) is 16.1. The number of piperidine rings is 1. The Morgan fingerprint density at radius 1 is 1.27 bits per heavy atom. The van der Waals surface area contributed by atoms with Gasteiger partial charge in [-0.1, -0.05) is 32.0 Å². The zero-order valence-electron chi connectivity index (χ0n) is 13.4. The maximum absolute atomic E-state index is 12.2. The van der Waals surface area contributed by atoms with Crippen molar-refractivity contribution in [1.29, 1.82) is 0 Å². The van der Waals surface area contributed by atoms with Crippen molar-refractivity contribution in [3.8, 4) is 0 Å². The van der Waals surface area contributed by atoms with Crippen molar-refractivity contribution in [1.82, 2.24) is 4.90 Å². The van der Waals surface area contributed by atoms with Crippen molar-refractivity contribution < 1.29 is 14.7 Å². The van der Waals surface area contributed by atoms with Crippen LogP contribution in [0, 0.1) is 11.8 Å². The van der Waals surface area contributed by atoms with E-state index in [0.717, 1.165) is 44.3 Å². The predicted molar refractivity (Wildman–Crippen MR) is 85.9 cm³/mol. The molecule has 0 radical (unpaired) electrons. The molecule has 1 aliphatic heterocycles. The van der Waals surface area contributed by atoms with Crippen molar-refractivity contribution in [2.24, 2.45) is 11.8 Å². The average Bonchev–Trinajstić information content (AvgIpc) is 2.54. The molecule has 0 aromatic heterocycles. The Morgan fingerprint density at radius 3 is 2.50 bits per heavy atom. The van der Waals surface area contributed by atoms with Gasteiger partial charge in [0.2, 0.25) is 5.91 Å². The van der Waals surface area contributed by atoms with E-state index in [1.807, 2.05) is 30.9 Å². The number of hydrogen-bond donors (Lipinski definition) is 1. The first-order valence-corrected chi connectivity index (χ1v) is 8.12. The highest BCUT2D eigenvalue weighted by Crippen LogP contribution is 2.24. The molecule has 120 valence electrons. The van der Waals surface area contributed by atoms with Gasteiger partial charge in [-0.2, -0.15) is 0 Å². The second-order valence-electron chi connectivity index (χ2n) is 6.24. The molecule has 1 aliphatic rings. The number of amides is 1. The van der Waals surface area contributed by atoms with E-state index in [2.05, 4.69) is 0 Å². The molecule has 0 spiro atoms. The highest BCUT2D eigenvalue weighted by Gasteiger charge is 2.26. The van der Waals surface area contributed by atoms with Gasteiger partial charge >= 0.3 is 5.97 Å². The van der Waals surface area contributed by atoms with Gasteiger partial charge in [-0.05, 0) is 43.2 Å². The molecule has 1 aromatic rings. The van der Waals surface area contributed by atoms with Gasteiger partial charge in [0.05, 0.1) is 5.56 Å². The number of carbonyl (C=O) groups is 2. The lowest BCUT2D eigenvalue weighted by molar-refractivity contribution is -0.136. The molecule has 1 saturated heterocycles. The van der Waals surface area contributed by atoms with Gasteiger partial charge in [-0.3, -0.25) is 4.79 Å². The Morgan fingerprint density at radius 2 is 1.91 bits per heavy atom. The Kier molecular flexibility index (Phi) is 5.58. The highest BCUT2D eigenvalue weighted by atomic mass is 16.4. The summed E-state index contributed by atoms with van der Waals surface area (Å²) in [6.07, 6.45) is 3.57. The largest absolute Gasteiger partial charge is 0.478 e. The minimum atomic E-state index is -0.861. The van der Waals surface area contributed by atoms with Gasteiger partial charge in [0, 0.05) is 19.0 Å².